The number of ether oxygens (including phenoxy) is 1. The molecular formula is C23H27N3O4S. The molecule has 31 heavy (non-hydrogen) atoms. The van der Waals surface area contributed by atoms with E-state index in [9.17, 15) is 14.9 Å². The number of thiophene rings is 1. The third kappa shape index (κ3) is 5.98. The highest BCUT2D eigenvalue weighted by molar-refractivity contribution is 7.16. The molecule has 1 atom stereocenters. The number of nitriles is 1. The first-order valence-electron chi connectivity index (χ1n) is 10.3. The maximum atomic E-state index is 12.3. The molecule has 2 aromatic rings. The number of anilines is 1. The minimum absolute atomic E-state index is 0.205. The fraction of sp³-hybridized carbons (Fsp3) is 0.435. The second-order valence-electron chi connectivity index (χ2n) is 8.12. The van der Waals surface area contributed by atoms with Gasteiger partial charge in [0.2, 0.25) is 5.91 Å². The predicted molar refractivity (Wildman–Crippen MR) is 120 cm³/mol. The van der Waals surface area contributed by atoms with Gasteiger partial charge in [0.15, 0.2) is 0 Å². The lowest BCUT2D eigenvalue weighted by atomic mass is 9.88. The summed E-state index contributed by atoms with van der Waals surface area (Å²) in [4.78, 5) is 27.1. The molecule has 1 aliphatic carbocycles. The van der Waals surface area contributed by atoms with Crippen molar-refractivity contribution in [3.05, 3.63) is 46.2 Å². The zero-order valence-electron chi connectivity index (χ0n) is 18.0. The lowest BCUT2D eigenvalue weighted by molar-refractivity contribution is -0.111. The summed E-state index contributed by atoms with van der Waals surface area (Å²) in [6.45, 7) is 5.12. The van der Waals surface area contributed by atoms with E-state index in [4.69, 9.17) is 9.15 Å². The second kappa shape index (κ2) is 10.3. The minimum Gasteiger partial charge on any atom is -0.465 e. The number of hydrogen-bond donors (Lipinski definition) is 1. The summed E-state index contributed by atoms with van der Waals surface area (Å²) in [6.07, 6.45) is 6.49. The summed E-state index contributed by atoms with van der Waals surface area (Å²) in [5.74, 6) is 0.854. The molecule has 3 rings (SSSR count). The van der Waals surface area contributed by atoms with Crippen LogP contribution in [-0.2, 0) is 22.4 Å². The van der Waals surface area contributed by atoms with Crippen LogP contribution in [0, 0.1) is 23.2 Å². The van der Waals surface area contributed by atoms with E-state index in [0.29, 0.717) is 35.4 Å². The maximum Gasteiger partial charge on any atom is 0.409 e. The highest BCUT2D eigenvalue weighted by atomic mass is 32.1. The first-order chi connectivity index (χ1) is 14.9. The summed E-state index contributed by atoms with van der Waals surface area (Å²) >= 11 is 1.43. The molecule has 7 nitrogen and oxygen atoms in total. The van der Waals surface area contributed by atoms with Gasteiger partial charge in [-0.25, -0.2) is 4.79 Å². The Balaban J connectivity index is 1.60. The largest absolute Gasteiger partial charge is 0.465 e. The van der Waals surface area contributed by atoms with Gasteiger partial charge < -0.3 is 19.4 Å². The highest BCUT2D eigenvalue weighted by Crippen LogP contribution is 2.39. The molecule has 2 aromatic heterocycles. The van der Waals surface area contributed by atoms with Crippen molar-refractivity contribution in [3.63, 3.8) is 0 Å². The molecule has 0 radical (unpaired) electrons. The molecule has 8 heteroatoms. The first-order valence-corrected chi connectivity index (χ1v) is 11.1. The van der Waals surface area contributed by atoms with Crippen LogP contribution in [0.5, 0.6) is 0 Å². The highest BCUT2D eigenvalue weighted by Gasteiger charge is 2.27. The number of nitrogens with zero attached hydrogens (tertiary/aromatic N) is 2. The summed E-state index contributed by atoms with van der Waals surface area (Å²) in [5, 5.41) is 13.0. The molecule has 164 valence electrons. The van der Waals surface area contributed by atoms with Crippen LogP contribution in [0.1, 0.15) is 42.0 Å². The summed E-state index contributed by atoms with van der Waals surface area (Å²) < 4.78 is 10.7. The van der Waals surface area contributed by atoms with E-state index in [0.717, 1.165) is 29.7 Å². The third-order valence-corrected chi connectivity index (χ3v) is 6.22. The van der Waals surface area contributed by atoms with Crippen molar-refractivity contribution >= 4 is 34.4 Å². The molecular weight excluding hydrogens is 414 g/mol. The van der Waals surface area contributed by atoms with Gasteiger partial charge in [-0.05, 0) is 54.9 Å². The smallest absolute Gasteiger partial charge is 0.409 e. The number of furan rings is 1. The quantitative estimate of drug-likeness (QED) is 0.629. The molecule has 0 spiro atoms. The van der Waals surface area contributed by atoms with Gasteiger partial charge in [-0.15, -0.1) is 11.3 Å². The maximum absolute atomic E-state index is 12.3. The molecule has 2 heterocycles. The Morgan fingerprint density at radius 2 is 2.29 bits per heavy atom. The Kier molecular flexibility index (Phi) is 7.53. The molecule has 0 aliphatic heterocycles. The van der Waals surface area contributed by atoms with Crippen LogP contribution >= 0.6 is 11.3 Å². The number of fused-ring (bicyclic) bond motifs is 1. The molecule has 0 aromatic carbocycles. The molecule has 0 saturated heterocycles. The Morgan fingerprint density at radius 3 is 2.97 bits per heavy atom. The number of nitrogens with one attached hydrogen (secondary N) is 1. The monoisotopic (exact) mass is 441 g/mol. The van der Waals surface area contributed by atoms with Gasteiger partial charge in [-0.3, -0.25) is 4.79 Å². The van der Waals surface area contributed by atoms with Crippen LogP contribution in [0.25, 0.3) is 6.08 Å². The van der Waals surface area contributed by atoms with Gasteiger partial charge in [-0.2, -0.15) is 5.26 Å². The van der Waals surface area contributed by atoms with E-state index in [1.807, 2.05) is 0 Å². The number of hydrogen-bond acceptors (Lipinski definition) is 6. The van der Waals surface area contributed by atoms with Crippen LogP contribution in [0.3, 0.4) is 0 Å². The van der Waals surface area contributed by atoms with Gasteiger partial charge in [0, 0.05) is 24.5 Å². The summed E-state index contributed by atoms with van der Waals surface area (Å²) in [7, 11) is 1.75. The third-order valence-electron chi connectivity index (χ3n) is 5.05. The fourth-order valence-electron chi connectivity index (χ4n) is 3.62. The Morgan fingerprint density at radius 1 is 1.48 bits per heavy atom. The Bertz CT molecular complexity index is 985. The van der Waals surface area contributed by atoms with Gasteiger partial charge in [0.25, 0.3) is 0 Å². The van der Waals surface area contributed by atoms with E-state index in [1.54, 1.807) is 30.2 Å². The summed E-state index contributed by atoms with van der Waals surface area (Å²) in [6, 6.07) is 5.73. The van der Waals surface area contributed by atoms with Crippen LogP contribution in [0.15, 0.2) is 28.9 Å². The van der Waals surface area contributed by atoms with Crippen molar-refractivity contribution in [2.75, 3.05) is 25.5 Å². The Hall–Kier alpha value is -3.05. The molecule has 1 aliphatic rings. The molecule has 2 amide bonds. The van der Waals surface area contributed by atoms with E-state index >= 15 is 0 Å². The van der Waals surface area contributed by atoms with Crippen LogP contribution in [0.4, 0.5) is 9.80 Å². The van der Waals surface area contributed by atoms with E-state index in [2.05, 4.69) is 25.2 Å². The lowest BCUT2D eigenvalue weighted by Gasteiger charge is -2.24. The van der Waals surface area contributed by atoms with Crippen molar-refractivity contribution in [2.45, 2.75) is 33.1 Å². The zero-order valence-corrected chi connectivity index (χ0v) is 18.8. The standard InChI is InChI=1S/C23H27N3O4S/c1-15(2)13-26(3)23(28)30-14-16-6-8-18-19(12-24)22(31-20(18)11-16)25-21(27)9-7-17-5-4-10-29-17/h4-5,7,9-10,15-16H,6,8,11,13-14H2,1-3H3,(H,25,27)/b9-7+. The van der Waals surface area contributed by atoms with E-state index in [1.165, 1.54) is 23.7 Å². The molecule has 0 bridgehead atoms. The van der Waals surface area contributed by atoms with Gasteiger partial charge in [0.1, 0.15) is 16.8 Å². The van der Waals surface area contributed by atoms with Crippen molar-refractivity contribution in [2.24, 2.45) is 11.8 Å². The number of amides is 2. The lowest BCUT2D eigenvalue weighted by Crippen LogP contribution is -2.32. The van der Waals surface area contributed by atoms with Crippen LogP contribution < -0.4 is 5.32 Å². The van der Waals surface area contributed by atoms with Gasteiger partial charge >= 0.3 is 6.09 Å². The van der Waals surface area contributed by atoms with Crippen molar-refractivity contribution in [1.29, 1.82) is 5.26 Å². The molecule has 0 saturated carbocycles. The zero-order chi connectivity index (χ0) is 22.4. The van der Waals surface area contributed by atoms with Crippen LogP contribution in [-0.4, -0.2) is 37.1 Å². The first kappa shape index (κ1) is 22.6. The normalized spacial score (nSPS) is 15.5. The van der Waals surface area contributed by atoms with Crippen molar-refractivity contribution in [3.8, 4) is 6.07 Å². The molecule has 0 fully saturated rings. The topological polar surface area (TPSA) is 95.6 Å². The minimum atomic E-state index is -0.315. The number of carbonyl (C=O) groups is 2. The average Bonchev–Trinajstić information content (AvgIpc) is 3.36. The second-order valence-corrected chi connectivity index (χ2v) is 9.22. The van der Waals surface area contributed by atoms with E-state index < -0.39 is 0 Å². The fourth-order valence-corrected chi connectivity index (χ4v) is 4.94. The number of carbonyl (C=O) groups excluding carboxylic acids is 2. The summed E-state index contributed by atoms with van der Waals surface area (Å²) in [5.41, 5.74) is 1.53. The van der Waals surface area contributed by atoms with E-state index in [-0.39, 0.29) is 17.9 Å². The average molecular weight is 442 g/mol. The Labute approximate surface area is 186 Å². The van der Waals surface area contributed by atoms with Crippen molar-refractivity contribution in [1.82, 2.24) is 4.90 Å². The van der Waals surface area contributed by atoms with Crippen molar-refractivity contribution < 1.29 is 18.7 Å². The predicted octanol–water partition coefficient (Wildman–Crippen LogP) is 4.69. The van der Waals surface area contributed by atoms with Crippen LogP contribution in [0.2, 0.25) is 0 Å². The molecule has 1 unspecified atom stereocenters. The van der Waals surface area contributed by atoms with Gasteiger partial charge in [-0.1, -0.05) is 13.8 Å². The van der Waals surface area contributed by atoms with Gasteiger partial charge in [0.05, 0.1) is 18.4 Å². The number of rotatable bonds is 7. The molecule has 1 N–H and O–H groups in total. The SMILES string of the molecule is CC(C)CN(C)C(=O)OCC1CCc2c(sc(NC(=O)/C=C/c3ccco3)c2C#N)C1.